The van der Waals surface area contributed by atoms with Crippen LogP contribution in [0.3, 0.4) is 0 Å². The fraction of sp³-hybridized carbons (Fsp3) is 0.727. The molecule has 0 radical (unpaired) electrons. The molecule has 0 saturated carbocycles. The molecule has 1 heterocycles. The maximum atomic E-state index is 5.51. The molecule has 4 heteroatoms. The Morgan fingerprint density at radius 3 is 3.00 bits per heavy atom. The number of rotatable bonds is 8. The molecule has 1 aromatic heterocycles. The molecule has 0 saturated heterocycles. The van der Waals surface area contributed by atoms with Gasteiger partial charge >= 0.3 is 0 Å². The van der Waals surface area contributed by atoms with Gasteiger partial charge in [-0.1, -0.05) is 13.8 Å². The van der Waals surface area contributed by atoms with Crippen LogP contribution in [0.2, 0.25) is 0 Å². The van der Waals surface area contributed by atoms with Gasteiger partial charge in [-0.3, -0.25) is 0 Å². The van der Waals surface area contributed by atoms with E-state index in [4.69, 9.17) is 9.15 Å². The lowest BCUT2D eigenvalue weighted by atomic mass is 10.4. The monoisotopic (exact) mass is 212 g/mol. The van der Waals surface area contributed by atoms with Gasteiger partial charge in [0.2, 0.25) is 5.89 Å². The minimum atomic E-state index is 0.701. The molecule has 0 aliphatic rings. The second kappa shape index (κ2) is 7.43. The Kier molecular flexibility index (Phi) is 6.04. The van der Waals surface area contributed by atoms with Gasteiger partial charge in [-0.05, 0) is 13.0 Å². The molecule has 0 spiro atoms. The minimum absolute atomic E-state index is 0.701. The molecule has 1 N–H and O–H groups in total. The van der Waals surface area contributed by atoms with Crippen LogP contribution >= 0.6 is 0 Å². The van der Waals surface area contributed by atoms with Crippen molar-refractivity contribution in [3.05, 3.63) is 17.8 Å². The molecule has 0 bridgehead atoms. The Labute approximate surface area is 91.0 Å². The van der Waals surface area contributed by atoms with E-state index in [1.165, 1.54) is 0 Å². The van der Waals surface area contributed by atoms with Crippen LogP contribution in [0.5, 0.6) is 0 Å². The van der Waals surface area contributed by atoms with E-state index in [0.29, 0.717) is 13.2 Å². The Hall–Kier alpha value is -0.870. The average molecular weight is 212 g/mol. The summed E-state index contributed by atoms with van der Waals surface area (Å²) in [5, 5.41) is 3.17. The zero-order valence-corrected chi connectivity index (χ0v) is 9.58. The average Bonchev–Trinajstić information content (AvgIpc) is 2.69. The first-order chi connectivity index (χ1) is 7.36. The predicted octanol–water partition coefficient (Wildman–Crippen LogP) is 1.75. The Bertz CT molecular complexity index is 261. The Balaban J connectivity index is 2.20. The van der Waals surface area contributed by atoms with Crippen LogP contribution in [-0.4, -0.2) is 24.7 Å². The van der Waals surface area contributed by atoms with Gasteiger partial charge in [0, 0.05) is 13.0 Å². The topological polar surface area (TPSA) is 47.3 Å². The largest absolute Gasteiger partial charge is 0.444 e. The normalized spacial score (nSPS) is 10.8. The van der Waals surface area contributed by atoms with Gasteiger partial charge in [-0.15, -0.1) is 0 Å². The highest BCUT2D eigenvalue weighted by Gasteiger charge is 2.02. The molecule has 0 aromatic carbocycles. The molecular weight excluding hydrogens is 192 g/mol. The zero-order chi connectivity index (χ0) is 10.9. The summed E-state index contributed by atoms with van der Waals surface area (Å²) in [6, 6.07) is 0. The highest BCUT2D eigenvalue weighted by Crippen LogP contribution is 2.04. The maximum Gasteiger partial charge on any atom is 0.208 e. The number of hydrogen-bond donors (Lipinski definition) is 1. The summed E-state index contributed by atoms with van der Waals surface area (Å²) in [4.78, 5) is 4.17. The molecule has 0 unspecified atom stereocenters. The number of aromatic nitrogens is 1. The fourth-order valence-electron chi connectivity index (χ4n) is 1.20. The lowest BCUT2D eigenvalue weighted by molar-refractivity contribution is 0.134. The van der Waals surface area contributed by atoms with E-state index in [2.05, 4.69) is 24.1 Å². The summed E-state index contributed by atoms with van der Waals surface area (Å²) in [6.07, 6.45) is 3.64. The lowest BCUT2D eigenvalue weighted by Crippen LogP contribution is -2.11. The van der Waals surface area contributed by atoms with Crippen molar-refractivity contribution in [3.8, 4) is 0 Å². The first-order valence-electron chi connectivity index (χ1n) is 5.58. The first kappa shape index (κ1) is 12.2. The van der Waals surface area contributed by atoms with Crippen LogP contribution < -0.4 is 5.32 Å². The highest BCUT2D eigenvalue weighted by atomic mass is 16.5. The van der Waals surface area contributed by atoms with Crippen molar-refractivity contribution in [1.82, 2.24) is 10.3 Å². The molecule has 86 valence electrons. The summed E-state index contributed by atoms with van der Waals surface area (Å²) in [5.74, 6) is 1.65. The van der Waals surface area contributed by atoms with Crippen molar-refractivity contribution < 1.29 is 9.15 Å². The highest BCUT2D eigenvalue weighted by molar-refractivity contribution is 4.94. The summed E-state index contributed by atoms with van der Waals surface area (Å²) in [5.41, 5.74) is 0. The molecule has 0 amide bonds. The second-order valence-corrected chi connectivity index (χ2v) is 3.36. The number of nitrogens with zero attached hydrogens (tertiary/aromatic N) is 1. The van der Waals surface area contributed by atoms with Crippen LogP contribution in [0.25, 0.3) is 0 Å². The molecule has 1 aromatic rings. The zero-order valence-electron chi connectivity index (χ0n) is 9.58. The quantitative estimate of drug-likeness (QED) is 0.667. The summed E-state index contributed by atoms with van der Waals surface area (Å²) < 4.78 is 10.9. The molecule has 0 fully saturated rings. The third kappa shape index (κ3) is 4.95. The van der Waals surface area contributed by atoms with Crippen molar-refractivity contribution in [3.63, 3.8) is 0 Å². The van der Waals surface area contributed by atoms with Gasteiger partial charge in [0.15, 0.2) is 0 Å². The van der Waals surface area contributed by atoms with Crippen molar-refractivity contribution in [2.75, 3.05) is 19.8 Å². The van der Waals surface area contributed by atoms with Crippen LogP contribution in [0.4, 0.5) is 0 Å². The minimum Gasteiger partial charge on any atom is -0.444 e. The van der Waals surface area contributed by atoms with E-state index in [1.54, 1.807) is 6.20 Å². The third-order valence-electron chi connectivity index (χ3n) is 1.97. The summed E-state index contributed by atoms with van der Waals surface area (Å²) in [7, 11) is 0. The maximum absolute atomic E-state index is 5.51. The molecule has 1 rings (SSSR count). The number of hydrogen-bond acceptors (Lipinski definition) is 4. The van der Waals surface area contributed by atoms with E-state index in [0.717, 1.165) is 37.6 Å². The van der Waals surface area contributed by atoms with Crippen molar-refractivity contribution in [2.24, 2.45) is 0 Å². The molecular formula is C11H20N2O2. The number of oxazole rings is 1. The predicted molar refractivity (Wildman–Crippen MR) is 58.7 cm³/mol. The van der Waals surface area contributed by atoms with Crippen LogP contribution in [-0.2, 0) is 17.7 Å². The number of nitrogens with one attached hydrogen (secondary N) is 1. The van der Waals surface area contributed by atoms with Crippen molar-refractivity contribution in [2.45, 2.75) is 33.2 Å². The van der Waals surface area contributed by atoms with E-state index < -0.39 is 0 Å². The van der Waals surface area contributed by atoms with Crippen molar-refractivity contribution in [1.29, 1.82) is 0 Å². The summed E-state index contributed by atoms with van der Waals surface area (Å²) in [6.45, 7) is 7.32. The first-order valence-corrected chi connectivity index (χ1v) is 5.58. The van der Waals surface area contributed by atoms with Gasteiger partial charge in [0.05, 0.1) is 19.3 Å². The smallest absolute Gasteiger partial charge is 0.208 e. The molecule has 0 aliphatic heterocycles. The fourth-order valence-corrected chi connectivity index (χ4v) is 1.20. The van der Waals surface area contributed by atoms with Gasteiger partial charge in [0.1, 0.15) is 5.76 Å². The lowest BCUT2D eigenvalue weighted by Gasteiger charge is -1.99. The number of ether oxygens (including phenoxy) is 1. The van der Waals surface area contributed by atoms with Gasteiger partial charge in [-0.25, -0.2) is 4.98 Å². The van der Waals surface area contributed by atoms with Crippen LogP contribution in [0.1, 0.15) is 31.9 Å². The van der Waals surface area contributed by atoms with E-state index in [9.17, 15) is 0 Å². The van der Waals surface area contributed by atoms with Crippen LogP contribution in [0.15, 0.2) is 10.6 Å². The van der Waals surface area contributed by atoms with E-state index in [1.807, 2.05) is 0 Å². The standard InChI is InChI=1S/C11H20N2O2/c1-3-6-14-7-5-10-8-13-11(15-10)9-12-4-2/h8,12H,3-7,9H2,1-2H3. The Morgan fingerprint density at radius 2 is 2.27 bits per heavy atom. The van der Waals surface area contributed by atoms with Gasteiger partial charge in [0.25, 0.3) is 0 Å². The molecule has 4 nitrogen and oxygen atoms in total. The molecule has 0 atom stereocenters. The third-order valence-corrected chi connectivity index (χ3v) is 1.97. The van der Waals surface area contributed by atoms with E-state index >= 15 is 0 Å². The van der Waals surface area contributed by atoms with Crippen molar-refractivity contribution >= 4 is 0 Å². The molecule has 15 heavy (non-hydrogen) atoms. The SMILES string of the molecule is CCCOCCc1cnc(CNCC)o1. The van der Waals surface area contributed by atoms with Gasteiger partial charge in [-0.2, -0.15) is 0 Å². The van der Waals surface area contributed by atoms with Crippen LogP contribution in [0, 0.1) is 0 Å². The second-order valence-electron chi connectivity index (χ2n) is 3.36. The Morgan fingerprint density at radius 1 is 1.40 bits per heavy atom. The van der Waals surface area contributed by atoms with Gasteiger partial charge < -0.3 is 14.5 Å². The molecule has 0 aliphatic carbocycles. The summed E-state index contributed by atoms with van der Waals surface area (Å²) >= 11 is 0. The van der Waals surface area contributed by atoms with E-state index in [-0.39, 0.29) is 0 Å².